The summed E-state index contributed by atoms with van der Waals surface area (Å²) >= 11 is 0. The summed E-state index contributed by atoms with van der Waals surface area (Å²) in [5.41, 5.74) is -0.562. The lowest BCUT2D eigenvalue weighted by atomic mass is 10.1. The fourth-order valence-corrected chi connectivity index (χ4v) is 1.03. The second-order valence-electron chi connectivity index (χ2n) is 4.01. The van der Waals surface area contributed by atoms with Gasteiger partial charge in [-0.1, -0.05) is 0 Å². The molecule has 94 valence electrons. The van der Waals surface area contributed by atoms with Crippen molar-refractivity contribution < 1.29 is 24.5 Å². The first-order chi connectivity index (χ1) is 7.28. The zero-order chi connectivity index (χ0) is 12.8. The van der Waals surface area contributed by atoms with E-state index in [0.717, 1.165) is 0 Å². The number of carboxylic acids is 1. The lowest BCUT2D eigenvalue weighted by Gasteiger charge is -2.25. The van der Waals surface area contributed by atoms with Gasteiger partial charge in [0.2, 0.25) is 0 Å². The number of carboxylic acid groups (broad SMARTS) is 1. The Morgan fingerprint density at radius 1 is 1.44 bits per heavy atom. The minimum absolute atomic E-state index is 0.321. The molecule has 2 amide bonds. The van der Waals surface area contributed by atoms with Crippen LogP contribution in [0.1, 0.15) is 13.8 Å². The molecule has 0 aromatic heterocycles. The van der Waals surface area contributed by atoms with Crippen LogP contribution in [0.2, 0.25) is 0 Å². The summed E-state index contributed by atoms with van der Waals surface area (Å²) < 4.78 is 4.89. The van der Waals surface area contributed by atoms with Crippen LogP contribution in [0.15, 0.2) is 0 Å². The highest BCUT2D eigenvalue weighted by Gasteiger charge is 2.21. The molecule has 1 unspecified atom stereocenters. The molecule has 0 saturated heterocycles. The second-order valence-corrected chi connectivity index (χ2v) is 4.01. The molecule has 0 aliphatic rings. The van der Waals surface area contributed by atoms with Gasteiger partial charge in [0, 0.05) is 7.11 Å². The first-order valence-corrected chi connectivity index (χ1v) is 4.74. The van der Waals surface area contributed by atoms with Crippen molar-refractivity contribution in [1.29, 1.82) is 0 Å². The van der Waals surface area contributed by atoms with Crippen molar-refractivity contribution >= 4 is 12.0 Å². The third-order valence-electron chi connectivity index (χ3n) is 1.70. The van der Waals surface area contributed by atoms with Crippen molar-refractivity contribution in [2.24, 2.45) is 0 Å². The summed E-state index contributed by atoms with van der Waals surface area (Å²) in [5, 5.41) is 22.1. The Kier molecular flexibility index (Phi) is 5.76. The van der Waals surface area contributed by atoms with Crippen molar-refractivity contribution in [2.45, 2.75) is 25.5 Å². The van der Waals surface area contributed by atoms with Gasteiger partial charge >= 0.3 is 12.0 Å². The monoisotopic (exact) mass is 234 g/mol. The Labute approximate surface area is 93.8 Å². The molecule has 0 aromatic rings. The van der Waals surface area contributed by atoms with Gasteiger partial charge in [-0.15, -0.1) is 0 Å². The van der Waals surface area contributed by atoms with E-state index in [1.165, 1.54) is 7.11 Å². The van der Waals surface area contributed by atoms with E-state index in [1.54, 1.807) is 13.8 Å². The van der Waals surface area contributed by atoms with E-state index in [2.05, 4.69) is 10.6 Å². The molecule has 0 radical (unpaired) electrons. The Morgan fingerprint density at radius 2 is 2.00 bits per heavy atom. The Morgan fingerprint density at radius 3 is 2.44 bits per heavy atom. The number of aliphatic carboxylic acids is 1. The standard InChI is InChI=1S/C9H18N2O5/c1-9(2,5-16-3)11-8(15)10-4-6(12)7(13)14/h6,12H,4-5H2,1-3H3,(H,13,14)(H2,10,11,15). The number of methoxy groups -OCH3 is 1. The first-order valence-electron chi connectivity index (χ1n) is 4.74. The summed E-state index contributed by atoms with van der Waals surface area (Å²) in [6.45, 7) is 3.49. The number of urea groups is 1. The van der Waals surface area contributed by atoms with E-state index in [-0.39, 0.29) is 6.54 Å². The number of aliphatic hydroxyl groups excluding tert-OH is 1. The van der Waals surface area contributed by atoms with Crippen LogP contribution in [-0.4, -0.2) is 54.1 Å². The maximum absolute atomic E-state index is 11.3. The minimum atomic E-state index is -1.60. The summed E-state index contributed by atoms with van der Waals surface area (Å²) in [7, 11) is 1.51. The molecule has 0 fully saturated rings. The molecule has 0 bridgehead atoms. The molecule has 7 nitrogen and oxygen atoms in total. The van der Waals surface area contributed by atoms with Crippen LogP contribution < -0.4 is 10.6 Å². The number of hydrogen-bond donors (Lipinski definition) is 4. The Balaban J connectivity index is 3.95. The van der Waals surface area contributed by atoms with Crippen molar-refractivity contribution in [2.75, 3.05) is 20.3 Å². The van der Waals surface area contributed by atoms with E-state index in [4.69, 9.17) is 14.9 Å². The zero-order valence-electron chi connectivity index (χ0n) is 9.61. The number of carbonyl (C=O) groups excluding carboxylic acids is 1. The highest BCUT2D eigenvalue weighted by atomic mass is 16.5. The molecule has 0 aliphatic heterocycles. The Bertz CT molecular complexity index is 254. The lowest BCUT2D eigenvalue weighted by molar-refractivity contribution is -0.146. The number of hydrogen-bond acceptors (Lipinski definition) is 4. The number of rotatable bonds is 6. The van der Waals surface area contributed by atoms with Gasteiger partial charge in [0.05, 0.1) is 18.7 Å². The number of aliphatic hydroxyl groups is 1. The summed E-state index contributed by atoms with van der Waals surface area (Å²) in [5.74, 6) is -1.38. The maximum atomic E-state index is 11.3. The SMILES string of the molecule is COCC(C)(C)NC(=O)NCC(O)C(=O)O. The van der Waals surface area contributed by atoms with Gasteiger partial charge in [-0.3, -0.25) is 0 Å². The molecule has 0 saturated carbocycles. The predicted octanol–water partition coefficient (Wildman–Crippen LogP) is -0.844. The van der Waals surface area contributed by atoms with E-state index >= 15 is 0 Å². The molecule has 4 N–H and O–H groups in total. The van der Waals surface area contributed by atoms with Crippen LogP contribution in [0.4, 0.5) is 4.79 Å². The molecule has 1 atom stereocenters. The molecule has 16 heavy (non-hydrogen) atoms. The molecule has 7 heteroatoms. The lowest BCUT2D eigenvalue weighted by Crippen LogP contribution is -2.52. The van der Waals surface area contributed by atoms with E-state index < -0.39 is 23.6 Å². The second kappa shape index (κ2) is 6.29. The highest BCUT2D eigenvalue weighted by molar-refractivity contribution is 5.77. The normalized spacial score (nSPS) is 13.0. The van der Waals surface area contributed by atoms with Crippen LogP contribution >= 0.6 is 0 Å². The van der Waals surface area contributed by atoms with Gasteiger partial charge < -0.3 is 25.6 Å². The summed E-state index contributed by atoms with van der Waals surface area (Å²) in [6.07, 6.45) is -1.60. The molecule has 0 aliphatic carbocycles. The van der Waals surface area contributed by atoms with Crippen molar-refractivity contribution in [3.05, 3.63) is 0 Å². The van der Waals surface area contributed by atoms with Gasteiger partial charge in [-0.25, -0.2) is 9.59 Å². The van der Waals surface area contributed by atoms with E-state index in [9.17, 15) is 9.59 Å². The van der Waals surface area contributed by atoms with Crippen LogP contribution in [-0.2, 0) is 9.53 Å². The smallest absolute Gasteiger partial charge is 0.334 e. The van der Waals surface area contributed by atoms with Crippen molar-refractivity contribution in [1.82, 2.24) is 10.6 Å². The molecule has 0 heterocycles. The third kappa shape index (κ3) is 6.20. The number of amides is 2. The number of carbonyl (C=O) groups is 2. The highest BCUT2D eigenvalue weighted by Crippen LogP contribution is 2.01. The van der Waals surface area contributed by atoms with Crippen molar-refractivity contribution in [3.8, 4) is 0 Å². The molecule has 0 rings (SSSR count). The minimum Gasteiger partial charge on any atom is -0.479 e. The van der Waals surface area contributed by atoms with Crippen LogP contribution in [0.5, 0.6) is 0 Å². The molecular weight excluding hydrogens is 216 g/mol. The summed E-state index contributed by atoms with van der Waals surface area (Å²) in [4.78, 5) is 21.5. The fraction of sp³-hybridized carbons (Fsp3) is 0.778. The maximum Gasteiger partial charge on any atom is 0.334 e. The zero-order valence-corrected chi connectivity index (χ0v) is 9.61. The van der Waals surface area contributed by atoms with Crippen LogP contribution in [0.3, 0.4) is 0 Å². The van der Waals surface area contributed by atoms with Gasteiger partial charge in [-0.05, 0) is 13.8 Å². The average Bonchev–Trinajstić information content (AvgIpc) is 2.12. The third-order valence-corrected chi connectivity index (χ3v) is 1.70. The predicted molar refractivity (Wildman–Crippen MR) is 56.1 cm³/mol. The Hall–Kier alpha value is -1.34. The molecule has 0 aromatic carbocycles. The average molecular weight is 234 g/mol. The van der Waals surface area contributed by atoms with Crippen molar-refractivity contribution in [3.63, 3.8) is 0 Å². The topological polar surface area (TPSA) is 108 Å². The van der Waals surface area contributed by atoms with Gasteiger partial charge in [0.25, 0.3) is 0 Å². The van der Waals surface area contributed by atoms with Gasteiger partial charge in [-0.2, -0.15) is 0 Å². The summed E-state index contributed by atoms with van der Waals surface area (Å²) in [6, 6.07) is -0.553. The quantitative estimate of drug-likeness (QED) is 0.479. The molecular formula is C9H18N2O5. The number of nitrogens with one attached hydrogen (secondary N) is 2. The van der Waals surface area contributed by atoms with Gasteiger partial charge in [0.15, 0.2) is 6.10 Å². The fourth-order valence-electron chi connectivity index (χ4n) is 1.03. The van der Waals surface area contributed by atoms with Crippen LogP contribution in [0.25, 0.3) is 0 Å². The molecule has 0 spiro atoms. The first kappa shape index (κ1) is 14.7. The van der Waals surface area contributed by atoms with Gasteiger partial charge in [0.1, 0.15) is 0 Å². The van der Waals surface area contributed by atoms with E-state index in [0.29, 0.717) is 6.61 Å². The number of ether oxygens (including phenoxy) is 1. The van der Waals surface area contributed by atoms with E-state index in [1.807, 2.05) is 0 Å². The van der Waals surface area contributed by atoms with Crippen LogP contribution in [0, 0.1) is 0 Å². The largest absolute Gasteiger partial charge is 0.479 e.